The zero-order chi connectivity index (χ0) is 22.0. The molecular formula is C20H25F3N6OS. The molecule has 1 atom stereocenters. The van der Waals surface area contributed by atoms with Gasteiger partial charge < -0.3 is 5.32 Å². The summed E-state index contributed by atoms with van der Waals surface area (Å²) in [5.41, 5.74) is 0.0297. The Morgan fingerprint density at radius 2 is 2.00 bits per heavy atom. The molecule has 2 heterocycles. The minimum Gasteiger partial charge on any atom is -0.352 e. The number of aromatic nitrogens is 4. The maximum Gasteiger partial charge on any atom is 0.416 e. The molecule has 1 N–H and O–H groups in total. The quantitative estimate of drug-likeness (QED) is 0.647. The van der Waals surface area contributed by atoms with Gasteiger partial charge in [-0.3, -0.25) is 9.69 Å². The third-order valence-electron chi connectivity index (χ3n) is 5.60. The Kier molecular flexibility index (Phi) is 6.52. The fraction of sp³-hybridized carbons (Fsp3) is 0.600. The predicted molar refractivity (Wildman–Crippen MR) is 109 cm³/mol. The van der Waals surface area contributed by atoms with Crippen LogP contribution < -0.4 is 5.32 Å². The lowest BCUT2D eigenvalue weighted by atomic mass is 10.0. The molecule has 2 aromatic rings. The number of hydrogen-bond donors (Lipinski definition) is 1. The average molecular weight is 455 g/mol. The molecule has 2 aliphatic rings. The van der Waals surface area contributed by atoms with Crippen LogP contribution in [0.25, 0.3) is 0 Å². The molecular weight excluding hydrogens is 429 g/mol. The van der Waals surface area contributed by atoms with Crippen LogP contribution in [0, 0.1) is 0 Å². The van der Waals surface area contributed by atoms with Crippen molar-refractivity contribution in [3.63, 3.8) is 0 Å². The molecule has 1 aliphatic carbocycles. The van der Waals surface area contributed by atoms with Gasteiger partial charge in [0.15, 0.2) is 0 Å². The van der Waals surface area contributed by atoms with Crippen LogP contribution in [0.1, 0.15) is 49.8 Å². The van der Waals surface area contributed by atoms with Crippen molar-refractivity contribution >= 4 is 17.7 Å². The fourth-order valence-corrected chi connectivity index (χ4v) is 4.55. The second kappa shape index (κ2) is 9.15. The zero-order valence-corrected chi connectivity index (χ0v) is 18.0. The molecule has 11 heteroatoms. The third kappa shape index (κ3) is 5.76. The zero-order valence-electron chi connectivity index (χ0n) is 17.2. The van der Waals surface area contributed by atoms with Gasteiger partial charge in [0.05, 0.1) is 16.9 Å². The summed E-state index contributed by atoms with van der Waals surface area (Å²) in [6, 6.07) is 5.89. The van der Waals surface area contributed by atoms with Crippen LogP contribution in [0.5, 0.6) is 0 Å². The molecule has 4 rings (SSSR count). The van der Waals surface area contributed by atoms with E-state index >= 15 is 0 Å². The Morgan fingerprint density at radius 3 is 2.68 bits per heavy atom. The van der Waals surface area contributed by atoms with Crippen LogP contribution in [0.2, 0.25) is 0 Å². The maximum absolute atomic E-state index is 12.9. The van der Waals surface area contributed by atoms with Crippen molar-refractivity contribution in [1.82, 2.24) is 30.4 Å². The normalized spacial score (nSPS) is 19.4. The Balaban J connectivity index is 1.23. The second-order valence-electron chi connectivity index (χ2n) is 8.15. The van der Waals surface area contributed by atoms with Crippen molar-refractivity contribution in [3.05, 3.63) is 35.4 Å². The van der Waals surface area contributed by atoms with E-state index in [1.54, 1.807) is 10.7 Å². The first kappa shape index (κ1) is 22.1. The number of carbonyl (C=O) groups is 1. The van der Waals surface area contributed by atoms with Gasteiger partial charge in [-0.2, -0.15) is 13.2 Å². The number of benzene rings is 1. The van der Waals surface area contributed by atoms with Crippen LogP contribution in [0.3, 0.4) is 0 Å². The van der Waals surface area contributed by atoms with Gasteiger partial charge in [-0.25, -0.2) is 4.68 Å². The number of rotatable bonds is 7. The Morgan fingerprint density at radius 1 is 1.26 bits per heavy atom. The lowest BCUT2D eigenvalue weighted by molar-refractivity contribution is -0.137. The largest absolute Gasteiger partial charge is 0.416 e. The highest BCUT2D eigenvalue weighted by atomic mass is 32.2. The third-order valence-corrected chi connectivity index (χ3v) is 6.65. The van der Waals surface area contributed by atoms with Gasteiger partial charge in [0.2, 0.25) is 11.1 Å². The van der Waals surface area contributed by atoms with Crippen LogP contribution in [0.4, 0.5) is 13.2 Å². The van der Waals surface area contributed by atoms with Crippen molar-refractivity contribution in [1.29, 1.82) is 0 Å². The van der Waals surface area contributed by atoms with E-state index < -0.39 is 11.7 Å². The van der Waals surface area contributed by atoms with Crippen molar-refractivity contribution in [2.24, 2.45) is 0 Å². The Hall–Kier alpha value is -2.14. The van der Waals surface area contributed by atoms with Crippen LogP contribution in [-0.2, 0) is 17.5 Å². The minimum absolute atomic E-state index is 0.0494. The fourth-order valence-electron chi connectivity index (χ4n) is 3.68. The van der Waals surface area contributed by atoms with Gasteiger partial charge in [0, 0.05) is 25.7 Å². The number of thioether (sulfide) groups is 1. The molecule has 1 aromatic heterocycles. The summed E-state index contributed by atoms with van der Waals surface area (Å²) in [7, 11) is 0. The highest BCUT2D eigenvalue weighted by Crippen LogP contribution is 2.37. The van der Waals surface area contributed by atoms with E-state index in [-0.39, 0.29) is 17.2 Å². The number of alkyl halides is 3. The molecule has 1 saturated heterocycles. The van der Waals surface area contributed by atoms with E-state index in [1.807, 2.05) is 6.92 Å². The van der Waals surface area contributed by atoms with Crippen LogP contribution in [-0.4, -0.2) is 55.4 Å². The van der Waals surface area contributed by atoms with Crippen LogP contribution >= 0.6 is 11.8 Å². The molecule has 0 radical (unpaired) electrons. The molecule has 1 saturated carbocycles. The van der Waals surface area contributed by atoms with Crippen molar-refractivity contribution in [2.75, 3.05) is 13.1 Å². The first-order chi connectivity index (χ1) is 14.8. The monoisotopic (exact) mass is 454 g/mol. The number of likely N-dealkylation sites (tertiary alicyclic amines) is 1. The summed E-state index contributed by atoms with van der Waals surface area (Å²) in [5, 5.41) is 15.2. The summed E-state index contributed by atoms with van der Waals surface area (Å²) in [6.45, 7) is 3.76. The number of nitrogens with one attached hydrogen (secondary N) is 1. The molecule has 1 aliphatic heterocycles. The van der Waals surface area contributed by atoms with E-state index in [0.29, 0.717) is 23.3 Å². The molecule has 31 heavy (non-hydrogen) atoms. The van der Waals surface area contributed by atoms with Gasteiger partial charge >= 0.3 is 6.18 Å². The summed E-state index contributed by atoms with van der Waals surface area (Å²) in [6.07, 6.45) is -0.662. The molecule has 1 aromatic carbocycles. The molecule has 168 valence electrons. The molecule has 1 unspecified atom stereocenters. The molecule has 2 fully saturated rings. The molecule has 1 amide bonds. The first-order valence-electron chi connectivity index (χ1n) is 10.4. The second-order valence-corrected chi connectivity index (χ2v) is 9.46. The van der Waals surface area contributed by atoms with Gasteiger partial charge in [-0.15, -0.1) is 5.10 Å². The lowest BCUT2D eigenvalue weighted by Gasteiger charge is -2.33. The number of hydrogen-bond acceptors (Lipinski definition) is 6. The number of halogens is 3. The molecule has 7 nitrogen and oxygen atoms in total. The first-order valence-corrected chi connectivity index (χ1v) is 11.3. The minimum atomic E-state index is -4.33. The summed E-state index contributed by atoms with van der Waals surface area (Å²) >= 11 is 1.36. The summed E-state index contributed by atoms with van der Waals surface area (Å²) in [4.78, 5) is 14.7. The lowest BCUT2D eigenvalue weighted by Crippen LogP contribution is -2.46. The number of carbonyl (C=O) groups excluding carboxylic acids is 1. The highest BCUT2D eigenvalue weighted by Gasteiger charge is 2.31. The van der Waals surface area contributed by atoms with Crippen molar-refractivity contribution < 1.29 is 18.0 Å². The van der Waals surface area contributed by atoms with Gasteiger partial charge in [0.1, 0.15) is 0 Å². The number of piperidine rings is 1. The summed E-state index contributed by atoms with van der Waals surface area (Å²) < 4.78 is 40.5. The summed E-state index contributed by atoms with van der Waals surface area (Å²) in [5.74, 6) is -0.0494. The van der Waals surface area contributed by atoms with E-state index in [2.05, 4.69) is 25.7 Å². The van der Waals surface area contributed by atoms with E-state index in [9.17, 15) is 18.0 Å². The van der Waals surface area contributed by atoms with Crippen molar-refractivity contribution in [2.45, 2.75) is 67.8 Å². The number of nitrogens with zero attached hydrogens (tertiary/aromatic N) is 5. The van der Waals surface area contributed by atoms with Gasteiger partial charge in [0.25, 0.3) is 0 Å². The van der Waals surface area contributed by atoms with E-state index in [1.165, 1.54) is 23.9 Å². The predicted octanol–water partition coefficient (Wildman–Crippen LogP) is 3.29. The smallest absolute Gasteiger partial charge is 0.352 e. The standard InChI is InChI=1S/C20H25F3N6OS/c1-13(31-19-25-26-27-29(19)17-5-6-17)18(30)24-16-7-9-28(10-8-16)12-14-3-2-4-15(11-14)20(21,22)23/h2-4,11,13,16-17H,5-10,12H2,1H3,(H,24,30). The maximum atomic E-state index is 12.9. The number of amides is 1. The Labute approximate surface area is 182 Å². The van der Waals surface area contributed by atoms with Gasteiger partial charge in [-0.1, -0.05) is 30.0 Å². The molecule has 0 spiro atoms. The van der Waals surface area contributed by atoms with Crippen molar-refractivity contribution in [3.8, 4) is 0 Å². The van der Waals surface area contributed by atoms with E-state index in [0.717, 1.165) is 44.8 Å². The SMILES string of the molecule is CC(Sc1nnnn1C1CC1)C(=O)NC1CCN(Cc2cccc(C(F)(F)F)c2)CC1. The Bertz CT molecular complexity index is 908. The van der Waals surface area contributed by atoms with Gasteiger partial charge in [-0.05, 0) is 54.7 Å². The topological polar surface area (TPSA) is 75.9 Å². The van der Waals surface area contributed by atoms with E-state index in [4.69, 9.17) is 0 Å². The molecule has 0 bridgehead atoms. The van der Waals surface area contributed by atoms with Crippen LogP contribution in [0.15, 0.2) is 29.4 Å². The average Bonchev–Trinajstić information content (AvgIpc) is 3.48. The number of tetrazole rings is 1. The highest BCUT2D eigenvalue weighted by molar-refractivity contribution is 8.00.